The zero-order valence-electron chi connectivity index (χ0n) is 19.5. The first kappa shape index (κ1) is 32.4. The number of benzene rings is 2. The molecule has 2 aromatic carbocycles. The van der Waals surface area contributed by atoms with Gasteiger partial charge in [-0.05, 0) is 35.9 Å². The molecule has 14 heteroatoms. The quantitative estimate of drug-likeness (QED) is 0.159. The number of ketones is 1. The highest BCUT2D eigenvalue weighted by Gasteiger charge is 2.40. The predicted molar refractivity (Wildman–Crippen MR) is 135 cm³/mol. The Kier molecular flexibility index (Phi) is 10.7. The largest absolute Gasteiger partial charge is 0.406 e. The fourth-order valence-corrected chi connectivity index (χ4v) is 4.68. The fourth-order valence-electron chi connectivity index (χ4n) is 3.47. The molecule has 0 fully saturated rings. The van der Waals surface area contributed by atoms with E-state index in [1.165, 1.54) is 6.92 Å². The first-order chi connectivity index (χ1) is 17.3. The maximum Gasteiger partial charge on any atom is 0.406 e. The van der Waals surface area contributed by atoms with Gasteiger partial charge < -0.3 is 4.90 Å². The average Bonchev–Trinajstić information content (AvgIpc) is 2.77. The summed E-state index contributed by atoms with van der Waals surface area (Å²) in [5.74, 6) is -6.35. The molecule has 3 nitrogen and oxygen atoms in total. The normalized spacial score (nSPS) is 14.3. The van der Waals surface area contributed by atoms with Crippen LogP contribution in [0.4, 0.5) is 30.7 Å². The van der Waals surface area contributed by atoms with Gasteiger partial charge in [0.05, 0.1) is 15.1 Å². The van der Waals surface area contributed by atoms with Gasteiger partial charge in [-0.15, -0.1) is 0 Å². The molecule has 0 spiro atoms. The van der Waals surface area contributed by atoms with E-state index < -0.39 is 60.2 Å². The molecule has 208 valence electrons. The van der Waals surface area contributed by atoms with E-state index in [-0.39, 0.29) is 30.7 Å². The van der Waals surface area contributed by atoms with E-state index in [9.17, 15) is 40.3 Å². The van der Waals surface area contributed by atoms with Crippen LogP contribution in [0.3, 0.4) is 0 Å². The van der Waals surface area contributed by atoms with Crippen LogP contribution in [0, 0.1) is 5.92 Å². The van der Waals surface area contributed by atoms with E-state index in [0.717, 1.165) is 37.4 Å². The van der Waals surface area contributed by atoms with Crippen molar-refractivity contribution in [1.29, 1.82) is 0 Å². The number of alkyl halides is 6. The molecular formula is C24H18BrCl3F7NO2. The Morgan fingerprint density at radius 1 is 1.03 bits per heavy atom. The van der Waals surface area contributed by atoms with Crippen molar-refractivity contribution in [3.8, 4) is 0 Å². The minimum Gasteiger partial charge on any atom is -0.336 e. The van der Waals surface area contributed by atoms with Crippen molar-refractivity contribution in [2.75, 3.05) is 13.6 Å². The Labute approximate surface area is 236 Å². The number of carbonyl (C=O) groups excluding carboxylic acids is 2. The third-order valence-electron chi connectivity index (χ3n) is 5.28. The Bertz CT molecular complexity index is 1230. The van der Waals surface area contributed by atoms with Crippen LogP contribution in [0.5, 0.6) is 0 Å². The standard InChI is InChI=1S/C24H18BrCl3F7NO2/c1-11(22(38)36(2)10-23(30,31)32)5-20(37)14-4-3-12(6-16(14)25)19(29)9-15(24(33,34)35)13-7-17(26)21(28)18(27)8-13/h3-4,6-9,11,15H,5,10H2,1-2H3/b19-9-/t11-,15?/m0/s1. The van der Waals surface area contributed by atoms with Crippen LogP contribution in [-0.2, 0) is 4.79 Å². The Morgan fingerprint density at radius 3 is 2.05 bits per heavy atom. The number of hydrogen-bond donors (Lipinski definition) is 0. The molecule has 1 unspecified atom stereocenters. The van der Waals surface area contributed by atoms with Crippen molar-refractivity contribution >= 4 is 68.3 Å². The van der Waals surface area contributed by atoms with Gasteiger partial charge in [0.25, 0.3) is 0 Å². The summed E-state index contributed by atoms with van der Waals surface area (Å²) >= 11 is 20.5. The van der Waals surface area contributed by atoms with Crippen molar-refractivity contribution in [2.24, 2.45) is 5.92 Å². The molecule has 0 bridgehead atoms. The van der Waals surface area contributed by atoms with Crippen LogP contribution in [-0.4, -0.2) is 42.5 Å². The summed E-state index contributed by atoms with van der Waals surface area (Å²) in [6.45, 7) is -0.202. The number of nitrogens with zero attached hydrogens (tertiary/aromatic N) is 1. The van der Waals surface area contributed by atoms with Gasteiger partial charge in [0, 0.05) is 35.0 Å². The molecule has 0 heterocycles. The first-order valence-electron chi connectivity index (χ1n) is 10.5. The van der Waals surface area contributed by atoms with Gasteiger partial charge in [0.1, 0.15) is 18.3 Å². The van der Waals surface area contributed by atoms with E-state index in [1.807, 2.05) is 0 Å². The van der Waals surface area contributed by atoms with Gasteiger partial charge in [-0.2, -0.15) is 26.3 Å². The molecule has 0 aliphatic heterocycles. The van der Waals surface area contributed by atoms with Crippen molar-refractivity contribution in [3.05, 3.63) is 72.6 Å². The lowest BCUT2D eigenvalue weighted by atomic mass is 9.95. The third-order valence-corrected chi connectivity index (χ3v) is 7.13. The minimum absolute atomic E-state index is 0.00739. The lowest BCUT2D eigenvalue weighted by molar-refractivity contribution is -0.160. The molecule has 0 aromatic heterocycles. The topological polar surface area (TPSA) is 37.4 Å². The highest BCUT2D eigenvalue weighted by atomic mass is 79.9. The molecule has 0 saturated carbocycles. The number of halogens is 11. The van der Waals surface area contributed by atoms with Gasteiger partial charge >= 0.3 is 12.4 Å². The first-order valence-corrected chi connectivity index (χ1v) is 12.5. The summed E-state index contributed by atoms with van der Waals surface area (Å²) in [7, 11) is 0.955. The Balaban J connectivity index is 2.29. The van der Waals surface area contributed by atoms with Crippen molar-refractivity contribution in [3.63, 3.8) is 0 Å². The van der Waals surface area contributed by atoms with Crippen LogP contribution in [0.2, 0.25) is 15.1 Å². The fraction of sp³-hybridized carbons (Fsp3) is 0.333. The summed E-state index contributed by atoms with van der Waals surface area (Å²) < 4.78 is 93.8. The summed E-state index contributed by atoms with van der Waals surface area (Å²) in [6.07, 6.45) is -9.67. The molecule has 2 atom stereocenters. The number of allylic oxidation sites excluding steroid dienone is 1. The molecule has 2 rings (SSSR count). The number of carbonyl (C=O) groups is 2. The van der Waals surface area contributed by atoms with E-state index in [1.54, 1.807) is 0 Å². The zero-order valence-corrected chi connectivity index (χ0v) is 23.3. The van der Waals surface area contributed by atoms with Crippen LogP contribution in [0.15, 0.2) is 40.9 Å². The second-order valence-corrected chi connectivity index (χ2v) is 10.4. The summed E-state index contributed by atoms with van der Waals surface area (Å²) in [5, 5.41) is -0.657. The van der Waals surface area contributed by atoms with E-state index in [4.69, 9.17) is 34.8 Å². The third kappa shape index (κ3) is 8.59. The molecule has 0 aliphatic rings. The highest BCUT2D eigenvalue weighted by Crippen LogP contribution is 2.42. The Hall–Kier alpha value is -1.82. The van der Waals surface area contributed by atoms with Crippen molar-refractivity contribution in [1.82, 2.24) is 4.90 Å². The number of rotatable bonds is 8. The molecule has 0 saturated heterocycles. The SMILES string of the molecule is C[C@@H](CC(=O)c1ccc(/C(F)=C/C(c2cc(Cl)c(Cl)c(Cl)c2)C(F)(F)F)cc1Br)C(=O)N(C)CC(F)(F)F. The van der Waals surface area contributed by atoms with Gasteiger partial charge in [-0.1, -0.05) is 63.7 Å². The number of hydrogen-bond acceptors (Lipinski definition) is 2. The van der Waals surface area contributed by atoms with Gasteiger partial charge in [-0.25, -0.2) is 4.39 Å². The second kappa shape index (κ2) is 12.6. The lowest BCUT2D eigenvalue weighted by Crippen LogP contribution is -2.39. The van der Waals surface area contributed by atoms with Gasteiger partial charge in [0.15, 0.2) is 5.78 Å². The van der Waals surface area contributed by atoms with Crippen LogP contribution in [0.1, 0.15) is 40.7 Å². The smallest absolute Gasteiger partial charge is 0.336 e. The number of Topliss-reactive ketones (excluding diaryl/α,β-unsaturated/α-hetero) is 1. The molecular weight excluding hydrogens is 654 g/mol. The zero-order chi connectivity index (χ0) is 29.2. The van der Waals surface area contributed by atoms with Crippen molar-refractivity contribution < 1.29 is 40.3 Å². The van der Waals surface area contributed by atoms with Crippen LogP contribution in [0.25, 0.3) is 5.83 Å². The second-order valence-electron chi connectivity index (χ2n) is 8.36. The predicted octanol–water partition coefficient (Wildman–Crippen LogP) is 9.30. The molecule has 0 N–H and O–H groups in total. The van der Waals surface area contributed by atoms with E-state index >= 15 is 0 Å². The lowest BCUT2D eigenvalue weighted by Gasteiger charge is -2.22. The van der Waals surface area contributed by atoms with Gasteiger partial charge in [-0.3, -0.25) is 9.59 Å². The van der Waals surface area contributed by atoms with Crippen LogP contribution >= 0.6 is 50.7 Å². The van der Waals surface area contributed by atoms with Crippen molar-refractivity contribution in [2.45, 2.75) is 31.6 Å². The summed E-state index contributed by atoms with van der Waals surface area (Å²) in [5.41, 5.74) is -0.793. The monoisotopic (exact) mass is 669 g/mol. The molecule has 38 heavy (non-hydrogen) atoms. The molecule has 2 aromatic rings. The maximum atomic E-state index is 15.0. The average molecular weight is 672 g/mol. The maximum absolute atomic E-state index is 15.0. The summed E-state index contributed by atoms with van der Waals surface area (Å²) in [4.78, 5) is 25.3. The van der Waals surface area contributed by atoms with Crippen LogP contribution < -0.4 is 0 Å². The molecule has 0 aliphatic carbocycles. The Morgan fingerprint density at radius 2 is 1.58 bits per heavy atom. The van der Waals surface area contributed by atoms with E-state index in [0.29, 0.717) is 11.0 Å². The number of amides is 1. The minimum atomic E-state index is -4.92. The van der Waals surface area contributed by atoms with E-state index in [2.05, 4.69) is 15.9 Å². The highest BCUT2D eigenvalue weighted by molar-refractivity contribution is 9.10. The molecule has 1 amide bonds. The summed E-state index contributed by atoms with van der Waals surface area (Å²) in [6, 6.07) is 5.09. The van der Waals surface area contributed by atoms with Gasteiger partial charge in [0.2, 0.25) is 5.91 Å². The molecule has 0 radical (unpaired) electrons.